The molecule has 242 valence electrons. The maximum absolute atomic E-state index is 14.4. The Hall–Kier alpha value is -3.68. The zero-order valence-corrected chi connectivity index (χ0v) is 27.2. The summed E-state index contributed by atoms with van der Waals surface area (Å²) in [6.07, 6.45) is 12.5. The summed E-state index contributed by atoms with van der Waals surface area (Å²) < 4.78 is 0. The number of carbonyl (C=O) groups excluding carboxylic acids is 4. The first-order valence-electron chi connectivity index (χ1n) is 17.0. The van der Waals surface area contributed by atoms with E-state index in [0.717, 1.165) is 49.7 Å². The number of fused-ring (bicyclic) bond motifs is 1. The normalized spacial score (nSPS) is 23.0. The lowest BCUT2D eigenvalue weighted by molar-refractivity contribution is -0.152. The summed E-state index contributed by atoms with van der Waals surface area (Å²) >= 11 is 0. The number of hydrogen-bond acceptors (Lipinski definition) is 4. The lowest BCUT2D eigenvalue weighted by Crippen LogP contribution is -2.59. The van der Waals surface area contributed by atoms with Crippen molar-refractivity contribution >= 4 is 23.8 Å². The molecule has 1 N–H and O–H groups in total. The topological polar surface area (TPSA) is 90.0 Å². The van der Waals surface area contributed by atoms with Gasteiger partial charge in [0.05, 0.1) is 0 Å². The molecule has 2 heterocycles. The van der Waals surface area contributed by atoms with Crippen LogP contribution in [0, 0.1) is 5.41 Å². The molecule has 8 heteroatoms. The quantitative estimate of drug-likeness (QED) is 0.364. The van der Waals surface area contributed by atoms with Crippen molar-refractivity contribution in [1.29, 1.82) is 0 Å². The van der Waals surface area contributed by atoms with E-state index in [9.17, 15) is 19.2 Å². The lowest BCUT2D eigenvalue weighted by Gasteiger charge is -2.38. The van der Waals surface area contributed by atoms with Crippen LogP contribution in [0.15, 0.2) is 60.7 Å². The molecule has 0 spiro atoms. The average Bonchev–Trinajstić information content (AvgIpc) is 3.41. The first-order chi connectivity index (χ1) is 21.7. The fourth-order valence-corrected chi connectivity index (χ4v) is 7.31. The SMILES string of the molecule is CC(C)(C)[C@@H](C(=O)NC1CCCCCCCCCCC1)N1C(=O)[C@@H]2[C@H](C1=O)N(Cc1ccccc1)C(=O)N2Cc1ccccc1. The van der Waals surface area contributed by atoms with Crippen LogP contribution >= 0.6 is 0 Å². The van der Waals surface area contributed by atoms with Crippen LogP contribution in [0.25, 0.3) is 0 Å². The Morgan fingerprint density at radius 3 is 1.49 bits per heavy atom. The van der Waals surface area contributed by atoms with Gasteiger partial charge in [0.2, 0.25) is 5.91 Å². The van der Waals surface area contributed by atoms with Crippen LogP contribution in [0.2, 0.25) is 0 Å². The van der Waals surface area contributed by atoms with E-state index >= 15 is 0 Å². The second-order valence-corrected chi connectivity index (χ2v) is 14.2. The van der Waals surface area contributed by atoms with Gasteiger partial charge in [-0.15, -0.1) is 0 Å². The van der Waals surface area contributed by atoms with Crippen molar-refractivity contribution in [3.8, 4) is 0 Å². The highest BCUT2D eigenvalue weighted by Gasteiger charge is 2.63. The molecule has 0 unspecified atom stereocenters. The van der Waals surface area contributed by atoms with Crippen molar-refractivity contribution in [1.82, 2.24) is 20.0 Å². The Labute approximate surface area is 268 Å². The number of nitrogens with zero attached hydrogens (tertiary/aromatic N) is 3. The van der Waals surface area contributed by atoms with Crippen LogP contribution < -0.4 is 5.32 Å². The number of carbonyl (C=O) groups is 4. The molecule has 3 atom stereocenters. The zero-order valence-electron chi connectivity index (χ0n) is 27.2. The van der Waals surface area contributed by atoms with Crippen molar-refractivity contribution < 1.29 is 19.2 Å². The molecule has 2 aromatic rings. The molecule has 1 saturated carbocycles. The van der Waals surface area contributed by atoms with Gasteiger partial charge >= 0.3 is 6.03 Å². The number of amides is 5. The lowest BCUT2D eigenvalue weighted by atomic mass is 9.84. The van der Waals surface area contributed by atoms with Crippen molar-refractivity contribution in [3.63, 3.8) is 0 Å². The third-order valence-electron chi connectivity index (χ3n) is 9.61. The molecule has 3 fully saturated rings. The predicted octanol–water partition coefficient (Wildman–Crippen LogP) is 6.43. The van der Waals surface area contributed by atoms with Gasteiger partial charge in [-0.1, -0.05) is 139 Å². The Morgan fingerprint density at radius 2 is 1.09 bits per heavy atom. The molecule has 0 radical (unpaired) electrons. The summed E-state index contributed by atoms with van der Waals surface area (Å²) in [6, 6.07) is 15.7. The van der Waals surface area contributed by atoms with Gasteiger partial charge in [0, 0.05) is 19.1 Å². The number of likely N-dealkylation sites (tertiary alicyclic amines) is 1. The number of urea groups is 1. The van der Waals surface area contributed by atoms with Gasteiger partial charge in [-0.05, 0) is 29.4 Å². The first kappa shape index (κ1) is 32.7. The van der Waals surface area contributed by atoms with Crippen molar-refractivity contribution in [3.05, 3.63) is 71.8 Å². The van der Waals surface area contributed by atoms with E-state index in [1.807, 2.05) is 81.4 Å². The van der Waals surface area contributed by atoms with Crippen LogP contribution in [0.3, 0.4) is 0 Å². The summed E-state index contributed by atoms with van der Waals surface area (Å²) in [5.74, 6) is -1.23. The van der Waals surface area contributed by atoms with Gasteiger partial charge in [0.25, 0.3) is 11.8 Å². The van der Waals surface area contributed by atoms with E-state index in [0.29, 0.717) is 0 Å². The summed E-state index contributed by atoms with van der Waals surface area (Å²) in [5.41, 5.74) is 1.03. The van der Waals surface area contributed by atoms with E-state index in [1.54, 1.807) is 0 Å². The zero-order chi connectivity index (χ0) is 32.0. The monoisotopic (exact) mass is 614 g/mol. The summed E-state index contributed by atoms with van der Waals surface area (Å²) in [4.78, 5) is 61.1. The number of rotatable bonds is 7. The highest BCUT2D eigenvalue weighted by Crippen LogP contribution is 2.38. The van der Waals surface area contributed by atoms with Crippen LogP contribution in [0.5, 0.6) is 0 Å². The van der Waals surface area contributed by atoms with Crippen LogP contribution in [0.4, 0.5) is 4.79 Å². The minimum absolute atomic E-state index is 0.0137. The highest BCUT2D eigenvalue weighted by molar-refractivity contribution is 6.15. The number of nitrogens with one attached hydrogen (secondary N) is 1. The second-order valence-electron chi connectivity index (χ2n) is 14.2. The molecule has 2 aromatic carbocycles. The minimum Gasteiger partial charge on any atom is -0.352 e. The molecular formula is C37H50N4O4. The van der Waals surface area contributed by atoms with Crippen LogP contribution in [-0.2, 0) is 27.5 Å². The molecule has 1 aliphatic carbocycles. The maximum Gasteiger partial charge on any atom is 0.322 e. The molecule has 2 saturated heterocycles. The molecule has 0 aromatic heterocycles. The molecule has 45 heavy (non-hydrogen) atoms. The summed E-state index contributed by atoms with van der Waals surface area (Å²) in [5, 5.41) is 3.29. The Kier molecular flexibility index (Phi) is 10.6. The number of imide groups is 1. The molecule has 8 nitrogen and oxygen atoms in total. The third-order valence-corrected chi connectivity index (χ3v) is 9.61. The number of hydrogen-bond donors (Lipinski definition) is 1. The maximum atomic E-state index is 14.4. The van der Waals surface area contributed by atoms with Crippen LogP contribution in [-0.4, -0.2) is 62.6 Å². The summed E-state index contributed by atoms with van der Waals surface area (Å²) in [6.45, 7) is 6.12. The van der Waals surface area contributed by atoms with E-state index in [1.165, 1.54) is 46.8 Å². The minimum atomic E-state index is -0.993. The molecule has 5 amide bonds. The highest BCUT2D eigenvalue weighted by atomic mass is 16.2. The van der Waals surface area contributed by atoms with Gasteiger partial charge < -0.3 is 15.1 Å². The summed E-state index contributed by atoms with van der Waals surface area (Å²) in [7, 11) is 0. The van der Waals surface area contributed by atoms with E-state index in [4.69, 9.17) is 0 Å². The van der Waals surface area contributed by atoms with E-state index in [-0.39, 0.29) is 31.1 Å². The van der Waals surface area contributed by atoms with Crippen molar-refractivity contribution in [2.75, 3.05) is 0 Å². The van der Waals surface area contributed by atoms with Gasteiger partial charge in [-0.3, -0.25) is 19.3 Å². The molecule has 0 bridgehead atoms. The van der Waals surface area contributed by atoms with Crippen molar-refractivity contribution in [2.24, 2.45) is 5.41 Å². The Bertz CT molecular complexity index is 1240. The number of benzene rings is 2. The van der Waals surface area contributed by atoms with Gasteiger partial charge in [-0.2, -0.15) is 0 Å². The molecule has 3 aliphatic rings. The predicted molar refractivity (Wildman–Crippen MR) is 175 cm³/mol. The van der Waals surface area contributed by atoms with Gasteiger partial charge in [-0.25, -0.2) is 4.79 Å². The van der Waals surface area contributed by atoms with E-state index in [2.05, 4.69) is 5.32 Å². The van der Waals surface area contributed by atoms with Gasteiger partial charge in [0.1, 0.15) is 18.1 Å². The average molecular weight is 615 g/mol. The Balaban J connectivity index is 1.42. The fourth-order valence-electron chi connectivity index (χ4n) is 7.31. The standard InChI is InChI=1S/C37H50N4O4/c1-37(2,3)32(33(42)38-29-23-17-9-7-5-4-6-8-10-18-24-29)41-34(43)30-31(35(41)44)40(26-28-21-15-12-16-22-28)36(45)39(30)25-27-19-13-11-14-20-27/h11-16,19-22,29-32H,4-10,17-18,23-26H2,1-3H3,(H,38,42)/t30-,31+,32-/m1/s1. The molecule has 5 rings (SSSR count). The largest absolute Gasteiger partial charge is 0.352 e. The smallest absolute Gasteiger partial charge is 0.322 e. The first-order valence-corrected chi connectivity index (χ1v) is 17.0. The molecule has 2 aliphatic heterocycles. The molecular weight excluding hydrogens is 564 g/mol. The third kappa shape index (κ3) is 7.59. The fraction of sp³-hybridized carbons (Fsp3) is 0.568. The van der Waals surface area contributed by atoms with Crippen LogP contribution in [0.1, 0.15) is 103 Å². The second kappa shape index (κ2) is 14.6. The Morgan fingerprint density at radius 1 is 0.689 bits per heavy atom. The van der Waals surface area contributed by atoms with E-state index < -0.39 is 35.4 Å². The van der Waals surface area contributed by atoms with Gasteiger partial charge in [0.15, 0.2) is 0 Å². The van der Waals surface area contributed by atoms with Crippen molar-refractivity contribution in [2.45, 2.75) is 129 Å².